The summed E-state index contributed by atoms with van der Waals surface area (Å²) in [4.78, 5) is 2.76. The fraction of sp³-hybridized carbons (Fsp3) is 0.714. The van der Waals surface area contributed by atoms with Gasteiger partial charge in [0.05, 0.1) is 6.10 Å². The van der Waals surface area contributed by atoms with Gasteiger partial charge in [0, 0.05) is 23.6 Å². The monoisotopic (exact) mass is 341 g/mol. The molecule has 0 radical (unpaired) electrons. The first kappa shape index (κ1) is 14.9. The summed E-state index contributed by atoms with van der Waals surface area (Å²) in [6.45, 7) is 4.78. The Morgan fingerprint density at radius 2 is 2.08 bits per heavy atom. The molecular formula is C21H27NO3. The Kier molecular flexibility index (Phi) is 2.69. The first-order valence-electron chi connectivity index (χ1n) is 9.99. The van der Waals surface area contributed by atoms with E-state index < -0.39 is 6.10 Å². The maximum absolute atomic E-state index is 10.8. The number of piperidine rings is 1. The summed E-state index contributed by atoms with van der Waals surface area (Å²) in [7, 11) is 0. The lowest BCUT2D eigenvalue weighted by Crippen LogP contribution is -2.72. The first-order valence-corrected chi connectivity index (χ1v) is 9.99. The molecule has 0 amide bonds. The van der Waals surface area contributed by atoms with E-state index in [2.05, 4.69) is 17.9 Å². The summed E-state index contributed by atoms with van der Waals surface area (Å²) in [6.07, 6.45) is 6.11. The van der Waals surface area contributed by atoms with Crippen molar-refractivity contribution < 1.29 is 14.9 Å². The molecule has 2 saturated carbocycles. The minimum absolute atomic E-state index is 0.121. The Morgan fingerprint density at radius 1 is 1.24 bits per heavy atom. The van der Waals surface area contributed by atoms with Crippen LogP contribution in [-0.2, 0) is 11.8 Å². The summed E-state index contributed by atoms with van der Waals surface area (Å²) in [5.41, 5.74) is 2.57. The van der Waals surface area contributed by atoms with Gasteiger partial charge >= 0.3 is 0 Å². The first-order chi connectivity index (χ1) is 12.0. The third-order valence-corrected chi connectivity index (χ3v) is 8.30. The quantitative estimate of drug-likeness (QED) is 0.868. The van der Waals surface area contributed by atoms with Gasteiger partial charge in [-0.15, -0.1) is 0 Å². The van der Waals surface area contributed by atoms with Gasteiger partial charge in [-0.05, 0) is 68.0 Å². The Labute approximate surface area is 148 Å². The molecule has 25 heavy (non-hydrogen) atoms. The molecule has 2 bridgehead atoms. The van der Waals surface area contributed by atoms with Crippen molar-refractivity contribution >= 4 is 0 Å². The van der Waals surface area contributed by atoms with Gasteiger partial charge < -0.3 is 14.9 Å². The minimum Gasteiger partial charge on any atom is -0.504 e. The standard InChI is InChI=1S/C21H27NO3/c1-20-7-6-15(24)19-21(20)8-9-22(11-12-2-3-12)16(20)10-13-4-5-14(23)18(25-19)17(13)21/h4-5,12,15-16,19,23-24H,2-3,6-11H2,1H3/t15-,16+,19-,20-,21-/m0/s1. The van der Waals surface area contributed by atoms with E-state index in [1.165, 1.54) is 30.5 Å². The molecule has 0 unspecified atom stereocenters. The molecule has 1 aromatic rings. The van der Waals surface area contributed by atoms with E-state index in [0.29, 0.717) is 11.8 Å². The van der Waals surface area contributed by atoms with Crippen LogP contribution in [0.5, 0.6) is 11.5 Å². The van der Waals surface area contributed by atoms with E-state index in [0.717, 1.165) is 38.1 Å². The van der Waals surface area contributed by atoms with Gasteiger partial charge in [-0.2, -0.15) is 0 Å². The number of aliphatic hydroxyl groups is 1. The minimum atomic E-state index is -0.429. The zero-order valence-corrected chi connectivity index (χ0v) is 14.9. The highest BCUT2D eigenvalue weighted by atomic mass is 16.5. The molecule has 4 heteroatoms. The molecule has 2 heterocycles. The van der Waals surface area contributed by atoms with Gasteiger partial charge in [0.1, 0.15) is 6.10 Å². The summed E-state index contributed by atoms with van der Waals surface area (Å²) >= 11 is 0. The number of aliphatic hydroxyl groups excluding tert-OH is 1. The van der Waals surface area contributed by atoms with Crippen molar-refractivity contribution in [3.63, 3.8) is 0 Å². The predicted octanol–water partition coefficient (Wildman–Crippen LogP) is 2.59. The highest BCUT2D eigenvalue weighted by Crippen LogP contribution is 2.69. The smallest absolute Gasteiger partial charge is 0.165 e. The number of nitrogens with zero attached hydrogens (tertiary/aromatic N) is 1. The maximum atomic E-state index is 10.8. The fourth-order valence-corrected chi connectivity index (χ4v) is 6.91. The van der Waals surface area contributed by atoms with Gasteiger partial charge in [-0.1, -0.05) is 13.0 Å². The number of phenols is 1. The number of aromatic hydroxyl groups is 1. The van der Waals surface area contributed by atoms with Crippen molar-refractivity contribution in [2.24, 2.45) is 11.3 Å². The van der Waals surface area contributed by atoms with Crippen molar-refractivity contribution in [1.82, 2.24) is 4.90 Å². The molecular weight excluding hydrogens is 314 g/mol. The van der Waals surface area contributed by atoms with Crippen molar-refractivity contribution in [1.29, 1.82) is 0 Å². The van der Waals surface area contributed by atoms with Crippen LogP contribution in [0, 0.1) is 11.3 Å². The molecule has 5 atom stereocenters. The summed E-state index contributed by atoms with van der Waals surface area (Å²) in [6, 6.07) is 4.43. The molecule has 3 aliphatic carbocycles. The Morgan fingerprint density at radius 3 is 2.88 bits per heavy atom. The molecule has 5 aliphatic rings. The van der Waals surface area contributed by atoms with Crippen LogP contribution >= 0.6 is 0 Å². The van der Waals surface area contributed by atoms with Crippen LogP contribution < -0.4 is 4.74 Å². The molecule has 1 saturated heterocycles. The van der Waals surface area contributed by atoms with Crippen LogP contribution in [0.1, 0.15) is 50.2 Å². The van der Waals surface area contributed by atoms with Crippen molar-refractivity contribution in [2.75, 3.05) is 13.1 Å². The second-order valence-electron chi connectivity index (χ2n) is 9.39. The Balaban J connectivity index is 1.57. The number of hydrogen-bond acceptors (Lipinski definition) is 4. The number of rotatable bonds is 2. The summed E-state index contributed by atoms with van der Waals surface area (Å²) in [5, 5.41) is 21.2. The van der Waals surface area contributed by atoms with Crippen molar-refractivity contribution in [2.45, 2.75) is 69.1 Å². The third-order valence-electron chi connectivity index (χ3n) is 8.30. The number of likely N-dealkylation sites (tertiary alicyclic amines) is 1. The molecule has 1 aromatic carbocycles. The van der Waals surface area contributed by atoms with Crippen LogP contribution in [0.3, 0.4) is 0 Å². The van der Waals surface area contributed by atoms with Crippen LogP contribution in [0.2, 0.25) is 0 Å². The molecule has 4 nitrogen and oxygen atoms in total. The van der Waals surface area contributed by atoms with Crippen LogP contribution in [0.4, 0.5) is 0 Å². The molecule has 0 aromatic heterocycles. The van der Waals surface area contributed by atoms with Crippen LogP contribution in [-0.4, -0.2) is 46.5 Å². The van der Waals surface area contributed by atoms with Crippen LogP contribution in [0.25, 0.3) is 0 Å². The van der Waals surface area contributed by atoms with Gasteiger partial charge in [-0.3, -0.25) is 4.90 Å². The summed E-state index contributed by atoms with van der Waals surface area (Å²) in [5.74, 6) is 1.82. The molecule has 2 N–H and O–H groups in total. The van der Waals surface area contributed by atoms with E-state index in [9.17, 15) is 10.2 Å². The zero-order chi connectivity index (χ0) is 17.0. The highest BCUT2D eigenvalue weighted by molar-refractivity contribution is 5.61. The van der Waals surface area contributed by atoms with E-state index in [1.807, 2.05) is 0 Å². The number of hydrogen-bond donors (Lipinski definition) is 2. The SMILES string of the molecule is C[C@@]12CC[C@H](O)[C@@H]3Oc4c(O)ccc5c4[C@@]31CCN(CC1CC1)[C@@H]2C5. The maximum Gasteiger partial charge on any atom is 0.165 e. The average Bonchev–Trinajstić information content (AvgIpc) is 3.32. The lowest BCUT2D eigenvalue weighted by atomic mass is 9.44. The van der Waals surface area contributed by atoms with Gasteiger partial charge in [0.2, 0.25) is 0 Å². The molecule has 134 valence electrons. The molecule has 3 fully saturated rings. The largest absolute Gasteiger partial charge is 0.504 e. The van der Waals surface area contributed by atoms with Crippen LogP contribution in [0.15, 0.2) is 12.1 Å². The zero-order valence-electron chi connectivity index (χ0n) is 14.9. The Hall–Kier alpha value is -1.26. The van der Waals surface area contributed by atoms with Gasteiger partial charge in [0.15, 0.2) is 11.5 Å². The fourth-order valence-electron chi connectivity index (χ4n) is 6.91. The van der Waals surface area contributed by atoms with E-state index >= 15 is 0 Å². The number of ether oxygens (including phenoxy) is 1. The predicted molar refractivity (Wildman–Crippen MR) is 94.0 cm³/mol. The summed E-state index contributed by atoms with van der Waals surface area (Å²) < 4.78 is 6.30. The molecule has 6 rings (SSSR count). The van der Waals surface area contributed by atoms with E-state index in [1.54, 1.807) is 6.07 Å². The lowest BCUT2D eigenvalue weighted by Gasteiger charge is -2.65. The molecule has 1 spiro atoms. The number of benzene rings is 1. The van der Waals surface area contributed by atoms with Gasteiger partial charge in [-0.25, -0.2) is 0 Å². The topological polar surface area (TPSA) is 52.9 Å². The van der Waals surface area contributed by atoms with Crippen molar-refractivity contribution in [3.05, 3.63) is 23.3 Å². The van der Waals surface area contributed by atoms with E-state index in [4.69, 9.17) is 4.74 Å². The second kappa shape index (κ2) is 4.52. The van der Waals surface area contributed by atoms with Gasteiger partial charge in [0.25, 0.3) is 0 Å². The average molecular weight is 341 g/mol. The highest BCUT2D eigenvalue weighted by Gasteiger charge is 2.71. The van der Waals surface area contributed by atoms with E-state index in [-0.39, 0.29) is 22.7 Å². The normalized spacial score (nSPS) is 44.3. The second-order valence-corrected chi connectivity index (χ2v) is 9.39. The Bertz CT molecular complexity index is 760. The van der Waals surface area contributed by atoms with Crippen molar-refractivity contribution in [3.8, 4) is 11.5 Å². The lowest BCUT2D eigenvalue weighted by molar-refractivity contribution is -0.153. The third kappa shape index (κ3) is 1.62. The number of phenolic OH excluding ortho intramolecular Hbond substituents is 1. The molecule has 2 aliphatic heterocycles.